The summed E-state index contributed by atoms with van der Waals surface area (Å²) in [5.41, 5.74) is 0.649. The highest BCUT2D eigenvalue weighted by Gasteiger charge is 2.39. The van der Waals surface area contributed by atoms with Crippen LogP contribution in [0.5, 0.6) is 0 Å². The van der Waals surface area contributed by atoms with Crippen molar-refractivity contribution in [1.29, 1.82) is 0 Å². The lowest BCUT2D eigenvalue weighted by molar-refractivity contribution is -1.03. The summed E-state index contributed by atoms with van der Waals surface area (Å²) >= 11 is -3.15. The summed E-state index contributed by atoms with van der Waals surface area (Å²) in [6.07, 6.45) is 1.83. The Hall–Kier alpha value is -2.90. The Bertz CT molecular complexity index is 1380. The van der Waals surface area contributed by atoms with Crippen LogP contribution in [0.25, 0.3) is 0 Å². The van der Waals surface area contributed by atoms with Gasteiger partial charge in [-0.15, -0.1) is 0 Å². The Morgan fingerprint density at radius 3 is 1.38 bits per heavy atom. The van der Waals surface area contributed by atoms with Gasteiger partial charge in [0.1, 0.15) is 4.90 Å². The van der Waals surface area contributed by atoms with Crippen molar-refractivity contribution in [2.75, 3.05) is 0 Å². The molecule has 1 radical (unpaired) electrons. The second kappa shape index (κ2) is 11.7. The first-order valence-corrected chi connectivity index (χ1v) is 16.9. The average Bonchev–Trinajstić information content (AvgIpc) is 2.91. The number of nitro groups is 2. The number of benzene rings is 3. The number of rotatable bonds is 11. The Balaban J connectivity index is 2.13. The Labute approximate surface area is 237 Å². The standard InChI is InChI=1S/C28H33IN2O7S/c1-7-27(3,4)20-9-13-22(14-10-20)29(23-15-11-21(12-16-23)28(5,6)8-2)38-39(36,37)26-18-24(30(32)33)17-25(19-26)31(34)35/h9-19H,7-8H2,1-6H3/q+1. The molecule has 39 heavy (non-hydrogen) atoms. The molecule has 3 rings (SSSR count). The Morgan fingerprint density at radius 2 is 1.08 bits per heavy atom. The second-order valence-corrected chi connectivity index (χ2v) is 16.9. The van der Waals surface area contributed by atoms with Gasteiger partial charge in [-0.05, 0) is 61.6 Å². The van der Waals surface area contributed by atoms with Crippen LogP contribution in [0, 0.1) is 27.4 Å². The van der Waals surface area contributed by atoms with E-state index in [9.17, 15) is 28.6 Å². The minimum atomic E-state index is -4.59. The molecule has 0 saturated heterocycles. The van der Waals surface area contributed by atoms with Crippen molar-refractivity contribution in [2.45, 2.75) is 70.1 Å². The highest BCUT2D eigenvalue weighted by atomic mass is 127. The average molecular weight is 669 g/mol. The van der Waals surface area contributed by atoms with Crippen molar-refractivity contribution in [1.82, 2.24) is 0 Å². The van der Waals surface area contributed by atoms with E-state index in [1.165, 1.54) is 0 Å². The fourth-order valence-corrected chi connectivity index (χ4v) is 10.6. The van der Waals surface area contributed by atoms with Gasteiger partial charge in [0.2, 0.25) is 0 Å². The fourth-order valence-electron chi connectivity index (χ4n) is 3.68. The summed E-state index contributed by atoms with van der Waals surface area (Å²) < 4.78 is 34.2. The van der Waals surface area contributed by atoms with Gasteiger partial charge in [0.15, 0.2) is 7.14 Å². The molecule has 0 spiro atoms. The normalized spacial score (nSPS) is 12.5. The summed E-state index contributed by atoms with van der Waals surface area (Å²) in [5, 5.41) is 22.7. The molecule has 11 heteroatoms. The molecule has 0 N–H and O–H groups in total. The van der Waals surface area contributed by atoms with Gasteiger partial charge in [-0.3, -0.25) is 20.2 Å². The van der Waals surface area contributed by atoms with Gasteiger partial charge in [0.05, 0.1) is 15.9 Å². The first kappa shape index (κ1) is 30.6. The molecule has 0 saturated carbocycles. The van der Waals surface area contributed by atoms with Crippen LogP contribution < -0.4 is 20.2 Å². The number of nitrogens with zero attached hydrogens (tertiary/aromatic N) is 2. The van der Waals surface area contributed by atoms with E-state index in [4.69, 9.17) is 2.51 Å². The molecular formula is C28H33IN2O7S+. The van der Waals surface area contributed by atoms with Gasteiger partial charge in [-0.2, -0.15) is 8.42 Å². The largest absolute Gasteiger partial charge is 0.336 e. The molecule has 0 heterocycles. The lowest BCUT2D eigenvalue weighted by atomic mass is 9.82. The first-order chi connectivity index (χ1) is 18.1. The summed E-state index contributed by atoms with van der Waals surface area (Å²) in [5.74, 6) is 0. The van der Waals surface area contributed by atoms with Crippen LogP contribution in [0.1, 0.15) is 65.5 Å². The van der Waals surface area contributed by atoms with Gasteiger partial charge in [-0.25, -0.2) is 0 Å². The fraction of sp³-hybridized carbons (Fsp3) is 0.357. The van der Waals surface area contributed by atoms with E-state index in [0.29, 0.717) is 7.14 Å². The smallest absolute Gasteiger partial charge is 0.258 e. The van der Waals surface area contributed by atoms with Gasteiger partial charge in [-0.1, -0.05) is 65.8 Å². The molecule has 0 bridgehead atoms. The van der Waals surface area contributed by atoms with Crippen LogP contribution in [0.2, 0.25) is 0 Å². The number of hydrogen-bond acceptors (Lipinski definition) is 7. The molecule has 0 aliphatic heterocycles. The van der Waals surface area contributed by atoms with Gasteiger partial charge in [0.25, 0.3) is 11.4 Å². The molecule has 3 aromatic carbocycles. The van der Waals surface area contributed by atoms with Gasteiger partial charge >= 0.3 is 30.4 Å². The minimum absolute atomic E-state index is 0.0696. The molecule has 0 unspecified atom stereocenters. The minimum Gasteiger partial charge on any atom is -0.258 e. The molecule has 0 aliphatic rings. The van der Waals surface area contributed by atoms with Crippen LogP contribution >= 0.6 is 0 Å². The third-order valence-corrected chi connectivity index (χ3v) is 14.5. The predicted octanol–water partition coefficient (Wildman–Crippen LogP) is 3.86. The first-order valence-electron chi connectivity index (χ1n) is 12.4. The topological polar surface area (TPSA) is 130 Å². The monoisotopic (exact) mass is 668 g/mol. The molecular weight excluding hydrogens is 635 g/mol. The van der Waals surface area contributed by atoms with E-state index < -0.39 is 56.5 Å². The Kier molecular flexibility index (Phi) is 9.18. The molecule has 0 amide bonds. The SMILES string of the molecule is CCC(C)(C)c1ccc([I+](OS(=O)(=O)c2cc([N+](=O)[O-])cc([N+](=O)[O-])c2)c2ccc(C(C)(C)CC)cc2)cc1. The van der Waals surface area contributed by atoms with E-state index in [0.717, 1.165) is 42.2 Å². The molecule has 0 aromatic heterocycles. The maximum absolute atomic E-state index is 13.5. The summed E-state index contributed by atoms with van der Waals surface area (Å²) in [6.45, 7) is 12.7. The van der Waals surface area contributed by atoms with Crippen molar-refractivity contribution in [2.24, 2.45) is 0 Å². The number of nitro benzene ring substituents is 2. The zero-order valence-electron chi connectivity index (χ0n) is 22.8. The van der Waals surface area contributed by atoms with Crippen molar-refractivity contribution in [3.63, 3.8) is 0 Å². The highest BCUT2D eigenvalue weighted by Crippen LogP contribution is 2.28. The van der Waals surface area contributed by atoms with Gasteiger partial charge < -0.3 is 0 Å². The summed E-state index contributed by atoms with van der Waals surface area (Å²) in [6, 6.07) is 17.6. The zero-order chi connectivity index (χ0) is 29.2. The maximum Gasteiger partial charge on any atom is 0.336 e. The third-order valence-electron chi connectivity index (χ3n) is 7.15. The van der Waals surface area contributed by atoms with E-state index in [-0.39, 0.29) is 10.8 Å². The number of non-ortho nitro benzene ring substituents is 2. The lowest BCUT2D eigenvalue weighted by Crippen LogP contribution is -3.85. The van der Waals surface area contributed by atoms with Crippen LogP contribution in [-0.4, -0.2) is 18.3 Å². The highest BCUT2D eigenvalue weighted by molar-refractivity contribution is 7.86. The quantitative estimate of drug-likeness (QED) is 0.172. The maximum atomic E-state index is 13.5. The van der Waals surface area contributed by atoms with Gasteiger partial charge in [0, 0.05) is 12.1 Å². The Morgan fingerprint density at radius 1 is 0.718 bits per heavy atom. The summed E-state index contributed by atoms with van der Waals surface area (Å²) in [4.78, 5) is 20.3. The van der Waals surface area contributed by atoms with E-state index in [1.807, 2.05) is 48.5 Å². The van der Waals surface area contributed by atoms with E-state index in [2.05, 4.69) is 41.5 Å². The van der Waals surface area contributed by atoms with Crippen molar-refractivity contribution in [3.8, 4) is 0 Å². The van der Waals surface area contributed by atoms with Crippen LogP contribution in [0.3, 0.4) is 0 Å². The van der Waals surface area contributed by atoms with E-state index >= 15 is 0 Å². The van der Waals surface area contributed by atoms with Crippen molar-refractivity contribution >= 4 is 21.5 Å². The van der Waals surface area contributed by atoms with E-state index in [1.54, 1.807) is 0 Å². The van der Waals surface area contributed by atoms with Crippen LogP contribution in [-0.2, 0) is 23.5 Å². The molecule has 3 aromatic rings. The molecule has 0 atom stereocenters. The lowest BCUT2D eigenvalue weighted by Gasteiger charge is -2.23. The zero-order valence-corrected chi connectivity index (χ0v) is 25.8. The molecule has 209 valence electrons. The predicted molar refractivity (Wildman–Crippen MR) is 145 cm³/mol. The third kappa shape index (κ3) is 7.00. The van der Waals surface area contributed by atoms with Crippen molar-refractivity contribution < 1.29 is 41.0 Å². The van der Waals surface area contributed by atoms with Crippen molar-refractivity contribution in [3.05, 3.63) is 105 Å². The number of hydrogen-bond donors (Lipinski definition) is 0. The number of halogens is 1. The van der Waals surface area contributed by atoms with Crippen LogP contribution in [0.4, 0.5) is 11.4 Å². The second-order valence-electron chi connectivity index (χ2n) is 10.5. The molecule has 9 nitrogen and oxygen atoms in total. The summed E-state index contributed by atoms with van der Waals surface area (Å²) in [7, 11) is -4.59. The van der Waals surface area contributed by atoms with Crippen LogP contribution in [0.15, 0.2) is 71.6 Å². The molecule has 0 fully saturated rings. The molecule has 0 aliphatic carbocycles.